The molecule has 2 heterocycles. The number of carbonyl (C=O) groups excluding carboxylic acids is 1. The smallest absolute Gasteiger partial charge is 0.292 e. The molecule has 0 unspecified atom stereocenters. The van der Waals surface area contributed by atoms with Gasteiger partial charge in [-0.2, -0.15) is 0 Å². The maximum atomic E-state index is 8.95. The van der Waals surface area contributed by atoms with E-state index in [1.165, 1.54) is 42.0 Å². The summed E-state index contributed by atoms with van der Waals surface area (Å²) in [7, 11) is 2.75. The van der Waals surface area contributed by atoms with Crippen LogP contribution in [0.4, 0.5) is 0 Å². The molecule has 0 aromatic heterocycles. The van der Waals surface area contributed by atoms with E-state index < -0.39 is 0 Å². The van der Waals surface area contributed by atoms with Gasteiger partial charge in [0.15, 0.2) is 0 Å². The highest BCUT2D eigenvalue weighted by molar-refractivity contribution is 14.2. The van der Waals surface area contributed by atoms with Crippen LogP contribution in [0.3, 0.4) is 0 Å². The molecule has 2 aliphatic heterocycles. The topological polar surface area (TPSA) is 44.8 Å². The first-order valence-corrected chi connectivity index (χ1v) is 8.89. The van der Waals surface area contributed by atoms with E-state index in [1.807, 2.05) is 0 Å². The lowest BCUT2D eigenvalue weighted by Crippen LogP contribution is -2.51. The Labute approximate surface area is 119 Å². The first-order chi connectivity index (χ1) is 8.10. The average Bonchev–Trinajstić information content (AvgIpc) is 2.39. The molecular formula is C11H19IO4S. The quantitative estimate of drug-likeness (QED) is 0.430. The van der Waals surface area contributed by atoms with E-state index in [1.54, 1.807) is 0 Å². The maximum absolute atomic E-state index is 8.95. The van der Waals surface area contributed by atoms with Crippen molar-refractivity contribution < 1.29 is 18.5 Å². The summed E-state index contributed by atoms with van der Waals surface area (Å²) in [5.74, 6) is 0. The van der Waals surface area contributed by atoms with Gasteiger partial charge in [-0.25, -0.2) is 0 Å². The third-order valence-corrected chi connectivity index (χ3v) is 4.57. The Bertz CT molecular complexity index is 219. The molecule has 0 aromatic rings. The third-order valence-electron chi connectivity index (χ3n) is 3.60. The highest BCUT2D eigenvalue weighted by Crippen LogP contribution is 2.49. The number of halogens is 1. The van der Waals surface area contributed by atoms with Gasteiger partial charge in [-0.15, -0.1) is 0 Å². The van der Waals surface area contributed by atoms with E-state index in [2.05, 4.69) is 32.9 Å². The summed E-state index contributed by atoms with van der Waals surface area (Å²) in [5, 5.41) is 0. The van der Waals surface area contributed by atoms with Crippen molar-refractivity contribution in [2.45, 2.75) is 38.2 Å². The predicted octanol–water partition coefficient (Wildman–Crippen LogP) is 3.14. The van der Waals surface area contributed by atoms with Crippen molar-refractivity contribution in [1.29, 1.82) is 0 Å². The second kappa shape index (κ2) is 7.16. The van der Waals surface area contributed by atoms with Crippen molar-refractivity contribution in [3.05, 3.63) is 0 Å². The molecule has 3 aliphatic rings. The van der Waals surface area contributed by atoms with Gasteiger partial charge in [-0.05, 0) is 32.6 Å². The summed E-state index contributed by atoms with van der Waals surface area (Å²) in [4.78, 5) is 8.95. The van der Waals surface area contributed by atoms with Gasteiger partial charge >= 0.3 is 0 Å². The molecule has 0 radical (unpaired) electrons. The second-order valence-corrected chi connectivity index (χ2v) is 6.34. The standard InChI is InChI=1S/C9H15IO2S.C2H4O2/c1-8-2-4-9(5-3-8,6-11-8)7-12-13-10;1-4-2-3/h2-7H2,1H3;2H,1H3. The summed E-state index contributed by atoms with van der Waals surface area (Å²) in [6, 6.07) is 0. The molecule has 2 saturated heterocycles. The number of fused-ring (bicyclic) bond motifs is 3. The zero-order chi connectivity index (χ0) is 12.8. The second-order valence-electron chi connectivity index (χ2n) is 4.90. The Morgan fingerprint density at radius 3 is 2.35 bits per heavy atom. The first kappa shape index (κ1) is 15.5. The van der Waals surface area contributed by atoms with Gasteiger partial charge in [-0.1, -0.05) is 0 Å². The Balaban J connectivity index is 0.000000317. The van der Waals surface area contributed by atoms with Gasteiger partial charge < -0.3 is 13.7 Å². The molecule has 3 fully saturated rings. The molecule has 1 aliphatic carbocycles. The molecule has 4 nitrogen and oxygen atoms in total. The van der Waals surface area contributed by atoms with Crippen LogP contribution in [0.5, 0.6) is 0 Å². The van der Waals surface area contributed by atoms with Crippen LogP contribution in [-0.2, 0) is 18.5 Å². The van der Waals surface area contributed by atoms with Crippen molar-refractivity contribution >= 4 is 36.9 Å². The molecular weight excluding hydrogens is 355 g/mol. The molecule has 0 spiro atoms. The Kier molecular flexibility index (Phi) is 6.54. The van der Waals surface area contributed by atoms with E-state index in [9.17, 15) is 0 Å². The van der Waals surface area contributed by atoms with Crippen LogP contribution in [0.1, 0.15) is 32.6 Å². The minimum atomic E-state index is 0.194. The lowest BCUT2D eigenvalue weighted by atomic mass is 9.67. The fourth-order valence-corrected chi connectivity index (χ4v) is 2.93. The lowest BCUT2D eigenvalue weighted by Gasteiger charge is -2.51. The summed E-state index contributed by atoms with van der Waals surface area (Å²) in [5.41, 5.74) is 0.537. The van der Waals surface area contributed by atoms with Crippen LogP contribution < -0.4 is 0 Å². The number of rotatable bonds is 4. The molecule has 17 heavy (non-hydrogen) atoms. The molecule has 3 rings (SSSR count). The molecule has 0 aromatic carbocycles. The van der Waals surface area contributed by atoms with Crippen LogP contribution in [-0.4, -0.2) is 32.4 Å². The molecule has 6 heteroatoms. The van der Waals surface area contributed by atoms with Gasteiger partial charge in [0, 0.05) is 26.6 Å². The molecule has 0 amide bonds. The zero-order valence-corrected chi connectivity index (χ0v) is 13.2. The van der Waals surface area contributed by atoms with Gasteiger partial charge in [0.05, 0.1) is 35.1 Å². The van der Waals surface area contributed by atoms with Crippen LogP contribution >= 0.6 is 30.4 Å². The minimum absolute atomic E-state index is 0.194. The normalized spacial score (nSPS) is 34.8. The van der Waals surface area contributed by atoms with Gasteiger partial charge in [0.1, 0.15) is 0 Å². The van der Waals surface area contributed by atoms with Crippen molar-refractivity contribution in [2.24, 2.45) is 5.41 Å². The van der Waals surface area contributed by atoms with Gasteiger partial charge in [-0.3, -0.25) is 4.79 Å². The molecule has 0 atom stereocenters. The van der Waals surface area contributed by atoms with E-state index in [4.69, 9.17) is 13.7 Å². The largest absolute Gasteiger partial charge is 0.471 e. The summed E-state index contributed by atoms with van der Waals surface area (Å²) >= 11 is 2.18. The molecule has 1 saturated carbocycles. The highest BCUT2D eigenvalue weighted by Gasteiger charge is 2.47. The molecule has 2 bridgehead atoms. The van der Waals surface area contributed by atoms with Crippen molar-refractivity contribution in [2.75, 3.05) is 20.3 Å². The van der Waals surface area contributed by atoms with E-state index in [0.717, 1.165) is 13.2 Å². The van der Waals surface area contributed by atoms with Crippen molar-refractivity contribution in [3.8, 4) is 0 Å². The van der Waals surface area contributed by atoms with Crippen LogP contribution in [0.15, 0.2) is 0 Å². The van der Waals surface area contributed by atoms with E-state index in [-0.39, 0.29) is 5.60 Å². The number of hydrogen-bond donors (Lipinski definition) is 0. The molecule has 100 valence electrons. The third kappa shape index (κ3) is 4.57. The number of ether oxygens (including phenoxy) is 2. The highest BCUT2D eigenvalue weighted by atomic mass is 127. The summed E-state index contributed by atoms with van der Waals surface area (Å²) in [6.07, 6.45) is 4.98. The fraction of sp³-hybridized carbons (Fsp3) is 0.909. The molecule has 0 N–H and O–H groups in total. The zero-order valence-electron chi connectivity index (χ0n) is 10.2. The van der Waals surface area contributed by atoms with E-state index in [0.29, 0.717) is 11.9 Å². The van der Waals surface area contributed by atoms with Crippen LogP contribution in [0.2, 0.25) is 0 Å². The van der Waals surface area contributed by atoms with Crippen LogP contribution in [0.25, 0.3) is 0 Å². The minimum Gasteiger partial charge on any atom is -0.471 e. The SMILES string of the molecule is CC12CCC(COSI)(CC1)CO2.COC=O. The summed E-state index contributed by atoms with van der Waals surface area (Å²) < 4.78 is 15.2. The van der Waals surface area contributed by atoms with Gasteiger partial charge in [0.25, 0.3) is 6.47 Å². The summed E-state index contributed by atoms with van der Waals surface area (Å²) in [6.45, 7) is 4.38. The predicted molar refractivity (Wildman–Crippen MR) is 75.9 cm³/mol. The number of methoxy groups -OCH3 is 1. The Morgan fingerprint density at radius 2 is 2.00 bits per heavy atom. The Morgan fingerprint density at radius 1 is 1.41 bits per heavy atom. The fourth-order valence-electron chi connectivity index (χ4n) is 2.26. The average molecular weight is 374 g/mol. The Hall–Kier alpha value is 0.470. The lowest BCUT2D eigenvalue weighted by molar-refractivity contribution is -0.181. The number of carbonyl (C=O) groups is 1. The van der Waals surface area contributed by atoms with Crippen molar-refractivity contribution in [3.63, 3.8) is 0 Å². The number of hydrogen-bond acceptors (Lipinski definition) is 5. The van der Waals surface area contributed by atoms with Crippen LogP contribution in [0, 0.1) is 5.41 Å². The monoisotopic (exact) mass is 374 g/mol. The first-order valence-electron chi connectivity index (χ1n) is 5.60. The maximum Gasteiger partial charge on any atom is 0.292 e. The van der Waals surface area contributed by atoms with Crippen molar-refractivity contribution in [1.82, 2.24) is 0 Å². The van der Waals surface area contributed by atoms with E-state index >= 15 is 0 Å². The van der Waals surface area contributed by atoms with Gasteiger partial charge in [0.2, 0.25) is 0 Å².